The summed E-state index contributed by atoms with van der Waals surface area (Å²) in [6, 6.07) is 13.3. The van der Waals surface area contributed by atoms with E-state index < -0.39 is 0 Å². The molecule has 2 heterocycles. The molecular formula is C21H21FN4O2. The zero-order chi connectivity index (χ0) is 19.5. The third kappa shape index (κ3) is 3.81. The second kappa shape index (κ2) is 7.92. The molecule has 144 valence electrons. The van der Waals surface area contributed by atoms with Crippen molar-refractivity contribution in [3.8, 4) is 5.69 Å². The van der Waals surface area contributed by atoms with E-state index in [0.29, 0.717) is 16.8 Å². The number of hydrogen-bond donors (Lipinski definition) is 1. The van der Waals surface area contributed by atoms with Crippen molar-refractivity contribution in [1.29, 1.82) is 0 Å². The van der Waals surface area contributed by atoms with Crippen LogP contribution in [0.3, 0.4) is 0 Å². The highest BCUT2D eigenvalue weighted by atomic mass is 19.1. The fourth-order valence-corrected chi connectivity index (χ4v) is 3.30. The Morgan fingerprint density at radius 2 is 1.89 bits per heavy atom. The van der Waals surface area contributed by atoms with Crippen LogP contribution in [0, 0.1) is 5.82 Å². The predicted molar refractivity (Wildman–Crippen MR) is 104 cm³/mol. The van der Waals surface area contributed by atoms with Gasteiger partial charge < -0.3 is 10.5 Å². The molecule has 0 aliphatic carbocycles. The Morgan fingerprint density at radius 3 is 2.64 bits per heavy atom. The average Bonchev–Trinajstić information content (AvgIpc) is 3.10. The van der Waals surface area contributed by atoms with Gasteiger partial charge in [0.1, 0.15) is 11.6 Å². The number of benzene rings is 2. The number of anilines is 1. The Kier molecular flexibility index (Phi) is 5.18. The topological polar surface area (TPSA) is 73.4 Å². The highest BCUT2D eigenvalue weighted by Gasteiger charge is 2.19. The fraction of sp³-hybridized carbons (Fsp3) is 0.238. The van der Waals surface area contributed by atoms with Gasteiger partial charge in [0.05, 0.1) is 30.7 Å². The molecule has 6 nitrogen and oxygen atoms in total. The van der Waals surface area contributed by atoms with E-state index in [1.807, 2.05) is 18.2 Å². The summed E-state index contributed by atoms with van der Waals surface area (Å²) in [6.07, 6.45) is 1.45. The molecule has 0 spiro atoms. The van der Waals surface area contributed by atoms with Crippen molar-refractivity contribution in [2.45, 2.75) is 6.54 Å². The summed E-state index contributed by atoms with van der Waals surface area (Å²) < 4.78 is 19.9. The molecule has 1 saturated heterocycles. The van der Waals surface area contributed by atoms with Crippen LogP contribution in [0.4, 0.5) is 10.2 Å². The number of ether oxygens (including phenoxy) is 1. The maximum atomic E-state index is 13.1. The maximum Gasteiger partial charge on any atom is 0.198 e. The summed E-state index contributed by atoms with van der Waals surface area (Å²) in [5.41, 5.74) is 8.72. The fourth-order valence-electron chi connectivity index (χ4n) is 3.30. The number of carbonyl (C=O) groups excluding carboxylic acids is 1. The van der Waals surface area contributed by atoms with E-state index in [-0.39, 0.29) is 17.4 Å². The molecule has 3 aromatic rings. The van der Waals surface area contributed by atoms with Crippen LogP contribution in [0.1, 0.15) is 21.5 Å². The molecule has 1 aromatic heterocycles. The summed E-state index contributed by atoms with van der Waals surface area (Å²) in [5, 5.41) is 4.20. The van der Waals surface area contributed by atoms with Crippen LogP contribution in [0.15, 0.2) is 54.7 Å². The van der Waals surface area contributed by atoms with Crippen molar-refractivity contribution in [3.63, 3.8) is 0 Å². The molecule has 0 radical (unpaired) electrons. The minimum atomic E-state index is -0.345. The van der Waals surface area contributed by atoms with Crippen LogP contribution in [-0.4, -0.2) is 46.8 Å². The first-order chi connectivity index (χ1) is 13.6. The number of hydrogen-bond acceptors (Lipinski definition) is 5. The minimum absolute atomic E-state index is 0.185. The maximum absolute atomic E-state index is 13.1. The number of morpholine rings is 1. The molecule has 0 atom stereocenters. The Balaban J connectivity index is 1.56. The van der Waals surface area contributed by atoms with Crippen molar-refractivity contribution >= 4 is 11.6 Å². The lowest BCUT2D eigenvalue weighted by Crippen LogP contribution is -2.35. The number of carbonyl (C=O) groups is 1. The van der Waals surface area contributed by atoms with Crippen molar-refractivity contribution in [1.82, 2.24) is 14.7 Å². The SMILES string of the molecule is Nc1c(C(=O)c2cccc(CN3CCOCC3)c2)cnn1-c1ccc(F)cc1. The standard InChI is InChI=1S/C21H21FN4O2/c22-17-4-6-18(7-5-17)26-21(23)19(13-24-26)20(27)16-3-1-2-15(12-16)14-25-8-10-28-11-9-25/h1-7,12-13H,8-11,14,23H2. The molecule has 2 aromatic carbocycles. The Bertz CT molecular complexity index is 978. The summed E-state index contributed by atoms with van der Waals surface area (Å²) in [4.78, 5) is 15.3. The summed E-state index contributed by atoms with van der Waals surface area (Å²) in [5.74, 6) is -0.298. The summed E-state index contributed by atoms with van der Waals surface area (Å²) in [7, 11) is 0. The number of nitrogens with zero attached hydrogens (tertiary/aromatic N) is 3. The zero-order valence-electron chi connectivity index (χ0n) is 15.3. The highest BCUT2D eigenvalue weighted by molar-refractivity contribution is 6.11. The molecule has 1 aliphatic rings. The molecule has 0 bridgehead atoms. The van der Waals surface area contributed by atoms with Gasteiger partial charge in [0.2, 0.25) is 0 Å². The molecular weight excluding hydrogens is 359 g/mol. The second-order valence-electron chi connectivity index (χ2n) is 6.75. The first-order valence-electron chi connectivity index (χ1n) is 9.15. The lowest BCUT2D eigenvalue weighted by Gasteiger charge is -2.26. The van der Waals surface area contributed by atoms with Gasteiger partial charge in [0, 0.05) is 25.2 Å². The lowest BCUT2D eigenvalue weighted by atomic mass is 10.0. The smallest absolute Gasteiger partial charge is 0.198 e. The number of rotatable bonds is 5. The van der Waals surface area contributed by atoms with Crippen molar-refractivity contribution in [3.05, 3.63) is 77.2 Å². The average molecular weight is 380 g/mol. The number of ketones is 1. The van der Waals surface area contributed by atoms with E-state index in [0.717, 1.165) is 38.4 Å². The Hall–Kier alpha value is -3.03. The molecule has 0 amide bonds. The van der Waals surface area contributed by atoms with Gasteiger partial charge in [0.25, 0.3) is 0 Å². The van der Waals surface area contributed by atoms with E-state index in [1.54, 1.807) is 18.2 Å². The number of halogens is 1. The van der Waals surface area contributed by atoms with Crippen LogP contribution in [0.2, 0.25) is 0 Å². The third-order valence-electron chi connectivity index (χ3n) is 4.82. The molecule has 7 heteroatoms. The first kappa shape index (κ1) is 18.3. The normalized spacial score (nSPS) is 14.9. The molecule has 28 heavy (non-hydrogen) atoms. The quantitative estimate of drug-likeness (QED) is 0.689. The third-order valence-corrected chi connectivity index (χ3v) is 4.82. The molecule has 1 fully saturated rings. The number of aromatic nitrogens is 2. The van der Waals surface area contributed by atoms with Crippen LogP contribution in [0.25, 0.3) is 5.69 Å². The van der Waals surface area contributed by atoms with Gasteiger partial charge in [-0.2, -0.15) is 5.10 Å². The Morgan fingerprint density at radius 1 is 1.14 bits per heavy atom. The van der Waals surface area contributed by atoms with E-state index in [9.17, 15) is 9.18 Å². The van der Waals surface area contributed by atoms with Gasteiger partial charge in [-0.05, 0) is 35.9 Å². The number of nitrogens with two attached hydrogens (primary N) is 1. The summed E-state index contributed by atoms with van der Waals surface area (Å²) >= 11 is 0. The second-order valence-corrected chi connectivity index (χ2v) is 6.75. The van der Waals surface area contributed by atoms with Crippen molar-refractivity contribution in [2.75, 3.05) is 32.0 Å². The van der Waals surface area contributed by atoms with Crippen molar-refractivity contribution < 1.29 is 13.9 Å². The Labute approximate surface area is 162 Å². The zero-order valence-corrected chi connectivity index (χ0v) is 15.3. The van der Waals surface area contributed by atoms with Crippen molar-refractivity contribution in [2.24, 2.45) is 0 Å². The van der Waals surface area contributed by atoms with Crippen LogP contribution < -0.4 is 5.73 Å². The molecule has 1 aliphatic heterocycles. The van der Waals surface area contributed by atoms with Gasteiger partial charge >= 0.3 is 0 Å². The van der Waals surface area contributed by atoms with Crippen LogP contribution in [0.5, 0.6) is 0 Å². The molecule has 4 rings (SSSR count). The number of nitrogen functional groups attached to an aromatic ring is 1. The van der Waals surface area contributed by atoms with Crippen LogP contribution in [-0.2, 0) is 11.3 Å². The largest absolute Gasteiger partial charge is 0.383 e. The molecule has 2 N–H and O–H groups in total. The van der Waals surface area contributed by atoms with Gasteiger partial charge in [0.15, 0.2) is 5.78 Å². The lowest BCUT2D eigenvalue weighted by molar-refractivity contribution is 0.0342. The summed E-state index contributed by atoms with van der Waals surface area (Å²) in [6.45, 7) is 4.01. The molecule has 0 unspecified atom stereocenters. The van der Waals surface area contributed by atoms with Gasteiger partial charge in [-0.3, -0.25) is 9.69 Å². The van der Waals surface area contributed by atoms with E-state index >= 15 is 0 Å². The molecule has 0 saturated carbocycles. The van der Waals surface area contributed by atoms with Gasteiger partial charge in [-0.25, -0.2) is 9.07 Å². The first-order valence-corrected chi connectivity index (χ1v) is 9.15. The van der Waals surface area contributed by atoms with Crippen LogP contribution >= 0.6 is 0 Å². The highest BCUT2D eigenvalue weighted by Crippen LogP contribution is 2.21. The van der Waals surface area contributed by atoms with E-state index in [2.05, 4.69) is 10.00 Å². The van der Waals surface area contributed by atoms with E-state index in [1.165, 1.54) is 23.0 Å². The van der Waals surface area contributed by atoms with Gasteiger partial charge in [-0.1, -0.05) is 18.2 Å². The minimum Gasteiger partial charge on any atom is -0.383 e. The predicted octanol–water partition coefficient (Wildman–Crippen LogP) is 2.66. The van der Waals surface area contributed by atoms with Gasteiger partial charge in [-0.15, -0.1) is 0 Å². The monoisotopic (exact) mass is 380 g/mol. The van der Waals surface area contributed by atoms with E-state index in [4.69, 9.17) is 10.5 Å².